The van der Waals surface area contributed by atoms with Gasteiger partial charge in [-0.1, -0.05) is 17.7 Å². The summed E-state index contributed by atoms with van der Waals surface area (Å²) in [5, 5.41) is 10.1. The molecule has 5 rings (SSSR count). The van der Waals surface area contributed by atoms with Crippen LogP contribution in [-0.4, -0.2) is 42.3 Å². The van der Waals surface area contributed by atoms with Crippen molar-refractivity contribution in [3.63, 3.8) is 0 Å². The lowest BCUT2D eigenvalue weighted by molar-refractivity contribution is 0.122. The number of halogens is 3. The number of rotatable bonds is 2. The van der Waals surface area contributed by atoms with Crippen molar-refractivity contribution in [3.05, 3.63) is 58.7 Å². The maximum absolute atomic E-state index is 14.4. The number of nitrogens with zero attached hydrogens (tertiary/aromatic N) is 3. The number of aromatic nitrogens is 2. The fourth-order valence-corrected chi connectivity index (χ4v) is 3.76. The molecule has 148 valence electrons. The molecule has 2 aromatic carbocycles. The predicted octanol–water partition coefficient (Wildman–Crippen LogP) is 4.35. The van der Waals surface area contributed by atoms with Crippen LogP contribution in [0.2, 0.25) is 5.15 Å². The second-order valence-electron chi connectivity index (χ2n) is 6.75. The van der Waals surface area contributed by atoms with Gasteiger partial charge in [0.05, 0.1) is 24.5 Å². The minimum Gasteiger partial charge on any atom is -0.378 e. The molecule has 0 radical (unpaired) electrons. The molecule has 1 saturated heterocycles. The van der Waals surface area contributed by atoms with E-state index in [0.717, 1.165) is 24.3 Å². The number of fused-ring (bicyclic) bond motifs is 3. The number of aromatic amines is 1. The Balaban J connectivity index is 1.66. The number of amidine groups is 1. The minimum absolute atomic E-state index is 0.0306. The van der Waals surface area contributed by atoms with Gasteiger partial charge < -0.3 is 15.0 Å². The Hall–Kier alpha value is -2.97. The minimum atomic E-state index is -0.717. The molecular weight excluding hydrogens is 400 g/mol. The van der Waals surface area contributed by atoms with Crippen molar-refractivity contribution in [3.8, 4) is 11.3 Å². The van der Waals surface area contributed by atoms with Crippen molar-refractivity contribution in [2.45, 2.75) is 0 Å². The standard InChI is InChI=1S/C20H16ClF2N5O/c21-19-18-17(26-27-19)12-10-11(28-6-8-29-9-7-28)4-5-15(12)24-20(25-18)16-13(22)2-1-3-14(16)23/h1-5,10H,6-9H2,(H,24,25)(H,26,27). The van der Waals surface area contributed by atoms with Crippen LogP contribution < -0.4 is 10.2 Å². The van der Waals surface area contributed by atoms with Crippen LogP contribution in [0.15, 0.2) is 41.4 Å². The maximum atomic E-state index is 14.4. The Morgan fingerprint density at radius 2 is 1.83 bits per heavy atom. The zero-order valence-electron chi connectivity index (χ0n) is 15.2. The number of H-pyrrole nitrogens is 1. The summed E-state index contributed by atoms with van der Waals surface area (Å²) in [6, 6.07) is 9.48. The molecule has 0 atom stereocenters. The highest BCUT2D eigenvalue weighted by Crippen LogP contribution is 2.42. The van der Waals surface area contributed by atoms with Crippen molar-refractivity contribution in [1.29, 1.82) is 0 Å². The van der Waals surface area contributed by atoms with Crippen molar-refractivity contribution in [1.82, 2.24) is 10.2 Å². The third-order valence-corrected chi connectivity index (χ3v) is 5.29. The fourth-order valence-electron chi connectivity index (χ4n) is 3.58. The third kappa shape index (κ3) is 3.14. The molecule has 9 heteroatoms. The molecule has 2 N–H and O–H groups in total. The Morgan fingerprint density at radius 3 is 2.59 bits per heavy atom. The predicted molar refractivity (Wildman–Crippen MR) is 108 cm³/mol. The highest BCUT2D eigenvalue weighted by atomic mass is 35.5. The monoisotopic (exact) mass is 415 g/mol. The van der Waals surface area contributed by atoms with Crippen LogP contribution in [0.1, 0.15) is 5.56 Å². The normalized spacial score (nSPS) is 15.8. The molecule has 1 aromatic heterocycles. The van der Waals surface area contributed by atoms with Gasteiger partial charge in [0.25, 0.3) is 0 Å². The summed E-state index contributed by atoms with van der Waals surface area (Å²) in [4.78, 5) is 6.63. The summed E-state index contributed by atoms with van der Waals surface area (Å²) in [6.07, 6.45) is 0. The van der Waals surface area contributed by atoms with Crippen LogP contribution in [0.4, 0.5) is 25.8 Å². The molecule has 3 heterocycles. The Bertz CT molecular complexity index is 1100. The number of hydrogen-bond donors (Lipinski definition) is 2. The molecule has 0 aliphatic carbocycles. The lowest BCUT2D eigenvalue weighted by Gasteiger charge is -2.29. The Kier molecular flexibility index (Phi) is 4.44. The fraction of sp³-hybridized carbons (Fsp3) is 0.200. The molecule has 0 saturated carbocycles. The summed E-state index contributed by atoms with van der Waals surface area (Å²) in [5.74, 6) is -1.40. The molecular formula is C20H16ClF2N5O. The smallest absolute Gasteiger partial charge is 0.177 e. The lowest BCUT2D eigenvalue weighted by atomic mass is 10.1. The summed E-state index contributed by atoms with van der Waals surface area (Å²) in [7, 11) is 0. The molecule has 2 aliphatic rings. The molecule has 29 heavy (non-hydrogen) atoms. The number of anilines is 2. The van der Waals surface area contributed by atoms with Gasteiger partial charge >= 0.3 is 0 Å². The maximum Gasteiger partial charge on any atom is 0.177 e. The van der Waals surface area contributed by atoms with E-state index in [1.54, 1.807) is 0 Å². The van der Waals surface area contributed by atoms with Crippen molar-refractivity contribution < 1.29 is 13.5 Å². The second kappa shape index (κ2) is 7.13. The molecule has 0 amide bonds. The first-order valence-electron chi connectivity index (χ1n) is 9.13. The van der Waals surface area contributed by atoms with Gasteiger partial charge in [-0.25, -0.2) is 13.8 Å². The van der Waals surface area contributed by atoms with E-state index in [-0.39, 0.29) is 16.6 Å². The van der Waals surface area contributed by atoms with E-state index < -0.39 is 11.6 Å². The van der Waals surface area contributed by atoms with Gasteiger partial charge in [-0.15, -0.1) is 0 Å². The number of hydrogen-bond acceptors (Lipinski definition) is 5. The number of ether oxygens (including phenoxy) is 1. The van der Waals surface area contributed by atoms with Crippen LogP contribution in [0.25, 0.3) is 11.3 Å². The van der Waals surface area contributed by atoms with E-state index in [0.29, 0.717) is 30.3 Å². The average Bonchev–Trinajstić information content (AvgIpc) is 3.00. The van der Waals surface area contributed by atoms with Gasteiger partial charge in [0.1, 0.15) is 23.2 Å². The number of nitrogens with one attached hydrogen (secondary N) is 2. The number of morpholine rings is 1. The van der Waals surface area contributed by atoms with E-state index >= 15 is 0 Å². The topological polar surface area (TPSA) is 65.5 Å². The highest BCUT2D eigenvalue weighted by Gasteiger charge is 2.25. The van der Waals surface area contributed by atoms with Gasteiger partial charge in [-0.05, 0) is 30.3 Å². The number of benzene rings is 2. The lowest BCUT2D eigenvalue weighted by Crippen LogP contribution is -2.36. The summed E-state index contributed by atoms with van der Waals surface area (Å²) < 4.78 is 34.3. The van der Waals surface area contributed by atoms with Crippen molar-refractivity contribution in [2.24, 2.45) is 4.99 Å². The average molecular weight is 416 g/mol. The first-order valence-corrected chi connectivity index (χ1v) is 9.50. The first-order chi connectivity index (χ1) is 14.1. The molecule has 6 nitrogen and oxygen atoms in total. The van der Waals surface area contributed by atoms with Crippen LogP contribution >= 0.6 is 11.6 Å². The van der Waals surface area contributed by atoms with Gasteiger partial charge in [0.2, 0.25) is 0 Å². The van der Waals surface area contributed by atoms with Gasteiger partial charge in [-0.3, -0.25) is 5.10 Å². The van der Waals surface area contributed by atoms with Crippen LogP contribution in [0.5, 0.6) is 0 Å². The third-order valence-electron chi connectivity index (χ3n) is 5.02. The quantitative estimate of drug-likeness (QED) is 0.653. The molecule has 1 fully saturated rings. The van der Waals surface area contributed by atoms with Gasteiger partial charge in [0.15, 0.2) is 5.15 Å². The van der Waals surface area contributed by atoms with Crippen LogP contribution in [-0.2, 0) is 4.74 Å². The summed E-state index contributed by atoms with van der Waals surface area (Å²) in [5.41, 5.74) is 3.07. The Labute approximate surface area is 170 Å². The highest BCUT2D eigenvalue weighted by molar-refractivity contribution is 6.33. The second-order valence-corrected chi connectivity index (χ2v) is 7.11. The Morgan fingerprint density at radius 1 is 1.07 bits per heavy atom. The van der Waals surface area contributed by atoms with E-state index in [2.05, 4.69) is 25.4 Å². The van der Waals surface area contributed by atoms with Crippen molar-refractivity contribution in [2.75, 3.05) is 36.5 Å². The van der Waals surface area contributed by atoms with Crippen molar-refractivity contribution >= 4 is 34.5 Å². The van der Waals surface area contributed by atoms with E-state index in [1.165, 1.54) is 18.2 Å². The zero-order chi connectivity index (χ0) is 20.0. The first kappa shape index (κ1) is 18.1. The molecule has 3 aromatic rings. The zero-order valence-corrected chi connectivity index (χ0v) is 15.9. The summed E-state index contributed by atoms with van der Waals surface area (Å²) in [6.45, 7) is 2.89. The van der Waals surface area contributed by atoms with E-state index in [9.17, 15) is 8.78 Å². The largest absolute Gasteiger partial charge is 0.378 e. The van der Waals surface area contributed by atoms with Crippen LogP contribution in [0.3, 0.4) is 0 Å². The summed E-state index contributed by atoms with van der Waals surface area (Å²) >= 11 is 6.23. The molecule has 0 spiro atoms. The van der Waals surface area contributed by atoms with E-state index in [1.807, 2.05) is 18.2 Å². The van der Waals surface area contributed by atoms with Crippen LogP contribution in [0, 0.1) is 11.6 Å². The SMILES string of the molecule is Fc1cccc(F)c1C1=Nc2c(Cl)n[nH]c2-c2cc(N3CCOCC3)ccc2N1. The molecule has 0 bridgehead atoms. The molecule has 2 aliphatic heterocycles. The molecule has 0 unspecified atom stereocenters. The van der Waals surface area contributed by atoms with E-state index in [4.69, 9.17) is 16.3 Å². The number of aliphatic imine (C=N–C) groups is 1. The van der Waals surface area contributed by atoms with Gasteiger partial charge in [0, 0.05) is 30.0 Å². The van der Waals surface area contributed by atoms with Gasteiger partial charge in [-0.2, -0.15) is 5.10 Å².